The van der Waals surface area contributed by atoms with E-state index in [2.05, 4.69) is 0 Å². The summed E-state index contributed by atoms with van der Waals surface area (Å²) < 4.78 is 43.0. The first kappa shape index (κ1) is 24.5. The Kier molecular flexibility index (Phi) is 7.88. The van der Waals surface area contributed by atoms with Gasteiger partial charge in [-0.15, -0.1) is 0 Å². The number of ether oxygens (including phenoxy) is 3. The van der Waals surface area contributed by atoms with Gasteiger partial charge in [0, 0.05) is 30.8 Å². The van der Waals surface area contributed by atoms with Gasteiger partial charge in [-0.05, 0) is 50.1 Å². The number of nitro groups is 1. The summed E-state index contributed by atoms with van der Waals surface area (Å²) in [5, 5.41) is 11.0. The van der Waals surface area contributed by atoms with Crippen molar-refractivity contribution in [2.24, 2.45) is 5.92 Å². The maximum atomic E-state index is 12.9. The molecule has 1 heterocycles. The smallest absolute Gasteiger partial charge is 0.309 e. The van der Waals surface area contributed by atoms with Gasteiger partial charge in [-0.1, -0.05) is 0 Å². The number of esters is 1. The largest absolute Gasteiger partial charge is 0.496 e. The van der Waals surface area contributed by atoms with Gasteiger partial charge in [-0.25, -0.2) is 8.42 Å². The van der Waals surface area contributed by atoms with Gasteiger partial charge in [-0.2, -0.15) is 4.31 Å². The molecule has 0 bridgehead atoms. The summed E-state index contributed by atoms with van der Waals surface area (Å²) in [5.74, 6) is 0.0473. The summed E-state index contributed by atoms with van der Waals surface area (Å²) in [6.45, 7) is 2.54. The van der Waals surface area contributed by atoms with E-state index in [1.54, 1.807) is 12.1 Å². The van der Waals surface area contributed by atoms with Crippen LogP contribution in [0.5, 0.6) is 11.5 Å². The van der Waals surface area contributed by atoms with E-state index in [9.17, 15) is 23.3 Å². The van der Waals surface area contributed by atoms with Gasteiger partial charge < -0.3 is 14.2 Å². The third-order valence-corrected chi connectivity index (χ3v) is 7.32. The van der Waals surface area contributed by atoms with Crippen molar-refractivity contribution in [3.05, 3.63) is 58.1 Å². The lowest BCUT2D eigenvalue weighted by Gasteiger charge is -2.30. The van der Waals surface area contributed by atoms with E-state index in [0.29, 0.717) is 36.5 Å². The van der Waals surface area contributed by atoms with E-state index in [1.807, 2.05) is 6.92 Å². The molecule has 0 radical (unpaired) electrons. The van der Waals surface area contributed by atoms with Gasteiger partial charge in [0.25, 0.3) is 5.69 Å². The second-order valence-electron chi connectivity index (χ2n) is 7.44. The van der Waals surface area contributed by atoms with Crippen LogP contribution in [0.4, 0.5) is 5.69 Å². The lowest BCUT2D eigenvalue weighted by molar-refractivity contribution is -0.385. The first-order valence-corrected chi connectivity index (χ1v) is 11.9. The zero-order valence-electron chi connectivity index (χ0n) is 18.4. The number of non-ortho nitro benzene ring substituents is 1. The Morgan fingerprint density at radius 3 is 2.39 bits per heavy atom. The fourth-order valence-corrected chi connectivity index (χ4v) is 5.08. The fraction of sp³-hybridized carbons (Fsp3) is 0.409. The van der Waals surface area contributed by atoms with E-state index in [4.69, 9.17) is 14.2 Å². The number of methoxy groups -OCH3 is 1. The van der Waals surface area contributed by atoms with Gasteiger partial charge in [0.05, 0.1) is 29.5 Å². The number of nitrogens with zero attached hydrogens (tertiary/aromatic N) is 2. The molecule has 0 unspecified atom stereocenters. The molecule has 0 aliphatic carbocycles. The minimum absolute atomic E-state index is 0.130. The van der Waals surface area contributed by atoms with Crippen LogP contribution in [-0.2, 0) is 26.2 Å². The number of hydrogen-bond donors (Lipinski definition) is 0. The summed E-state index contributed by atoms with van der Waals surface area (Å²) >= 11 is 0. The Balaban J connectivity index is 1.58. The molecule has 178 valence electrons. The monoisotopic (exact) mass is 478 g/mol. The lowest BCUT2D eigenvalue weighted by Crippen LogP contribution is -2.40. The number of benzene rings is 2. The molecule has 3 rings (SSSR count). The van der Waals surface area contributed by atoms with Crippen LogP contribution in [0.25, 0.3) is 0 Å². The molecule has 1 fully saturated rings. The van der Waals surface area contributed by atoms with Crippen LogP contribution in [0.1, 0.15) is 25.3 Å². The molecule has 1 aliphatic heterocycles. The molecule has 0 saturated carbocycles. The molecule has 0 spiro atoms. The Bertz CT molecular complexity index is 1090. The van der Waals surface area contributed by atoms with E-state index < -0.39 is 26.8 Å². The predicted molar refractivity (Wildman–Crippen MR) is 119 cm³/mol. The van der Waals surface area contributed by atoms with Crippen LogP contribution in [-0.4, -0.2) is 50.4 Å². The highest BCUT2D eigenvalue weighted by molar-refractivity contribution is 7.89. The summed E-state index contributed by atoms with van der Waals surface area (Å²) in [6.07, 6.45) is 0.641. The van der Waals surface area contributed by atoms with Gasteiger partial charge >= 0.3 is 5.97 Å². The number of sulfonamides is 1. The van der Waals surface area contributed by atoms with Crippen LogP contribution in [0.2, 0.25) is 0 Å². The Morgan fingerprint density at radius 1 is 1.15 bits per heavy atom. The maximum absolute atomic E-state index is 12.9. The Morgan fingerprint density at radius 2 is 1.82 bits per heavy atom. The number of rotatable bonds is 9. The molecule has 0 N–H and O–H groups in total. The molecule has 10 nitrogen and oxygen atoms in total. The van der Waals surface area contributed by atoms with Gasteiger partial charge in [0.2, 0.25) is 10.0 Å². The molecular weight excluding hydrogens is 452 g/mol. The highest BCUT2D eigenvalue weighted by Gasteiger charge is 2.33. The second-order valence-corrected chi connectivity index (χ2v) is 9.38. The zero-order chi connectivity index (χ0) is 24.0. The van der Waals surface area contributed by atoms with E-state index in [1.165, 1.54) is 41.7 Å². The summed E-state index contributed by atoms with van der Waals surface area (Å²) in [7, 11) is -2.25. The molecule has 0 atom stereocenters. The molecular formula is C22H26N2O8S. The predicted octanol–water partition coefficient (Wildman–Crippen LogP) is 3.15. The SMILES string of the molecule is CCOc1ccc(S(=O)(=O)N2CCC(C(=O)OCc3cc([N+](=O)[O-])ccc3OC)CC2)cc1. The summed E-state index contributed by atoms with van der Waals surface area (Å²) in [4.78, 5) is 23.2. The molecule has 0 amide bonds. The zero-order valence-corrected chi connectivity index (χ0v) is 19.2. The normalized spacial score (nSPS) is 15.1. The fourth-order valence-electron chi connectivity index (χ4n) is 3.61. The molecule has 2 aromatic rings. The van der Waals surface area contributed by atoms with Crippen molar-refractivity contribution >= 4 is 21.7 Å². The first-order valence-electron chi connectivity index (χ1n) is 10.5. The minimum atomic E-state index is -3.67. The summed E-state index contributed by atoms with van der Waals surface area (Å²) in [6, 6.07) is 10.3. The summed E-state index contributed by atoms with van der Waals surface area (Å²) in [5.41, 5.74) is 0.255. The maximum Gasteiger partial charge on any atom is 0.309 e. The van der Waals surface area contributed by atoms with Crippen molar-refractivity contribution in [3.8, 4) is 11.5 Å². The van der Waals surface area contributed by atoms with Crippen LogP contribution in [0.15, 0.2) is 47.4 Å². The molecule has 11 heteroatoms. The Hall–Kier alpha value is -3.18. The van der Waals surface area contributed by atoms with Gasteiger partial charge in [0.15, 0.2) is 0 Å². The molecule has 33 heavy (non-hydrogen) atoms. The second kappa shape index (κ2) is 10.6. The van der Waals surface area contributed by atoms with Crippen molar-refractivity contribution in [1.29, 1.82) is 0 Å². The number of hydrogen-bond acceptors (Lipinski definition) is 8. The third kappa shape index (κ3) is 5.79. The quantitative estimate of drug-likeness (QED) is 0.306. The highest BCUT2D eigenvalue weighted by Crippen LogP contribution is 2.28. The number of nitro benzene ring substituents is 1. The van der Waals surface area contributed by atoms with Gasteiger partial charge in [-0.3, -0.25) is 14.9 Å². The van der Waals surface area contributed by atoms with Crippen molar-refractivity contribution in [2.45, 2.75) is 31.3 Å². The van der Waals surface area contributed by atoms with Crippen LogP contribution in [0.3, 0.4) is 0 Å². The average molecular weight is 479 g/mol. The number of carbonyl (C=O) groups excluding carboxylic acids is 1. The molecule has 1 aliphatic rings. The van der Waals surface area contributed by atoms with Crippen LogP contribution < -0.4 is 9.47 Å². The van der Waals surface area contributed by atoms with Crippen molar-refractivity contribution in [2.75, 3.05) is 26.8 Å². The average Bonchev–Trinajstić information content (AvgIpc) is 2.83. The van der Waals surface area contributed by atoms with E-state index >= 15 is 0 Å². The van der Waals surface area contributed by atoms with E-state index in [0.717, 1.165) is 0 Å². The lowest BCUT2D eigenvalue weighted by atomic mass is 9.98. The van der Waals surface area contributed by atoms with Crippen LogP contribution in [0, 0.1) is 16.0 Å². The molecule has 1 saturated heterocycles. The topological polar surface area (TPSA) is 125 Å². The molecule has 2 aromatic carbocycles. The van der Waals surface area contributed by atoms with Crippen molar-refractivity contribution in [1.82, 2.24) is 4.31 Å². The van der Waals surface area contributed by atoms with E-state index in [-0.39, 0.29) is 30.3 Å². The van der Waals surface area contributed by atoms with Crippen LogP contribution >= 0.6 is 0 Å². The molecule has 0 aromatic heterocycles. The standard InChI is InChI=1S/C22H26N2O8S/c1-3-31-19-5-7-20(8-6-19)33(28,29)23-12-10-16(11-13-23)22(25)32-15-17-14-18(24(26)27)4-9-21(17)30-2/h4-9,14,16H,3,10-13,15H2,1-2H3. The third-order valence-electron chi connectivity index (χ3n) is 5.40. The van der Waals surface area contributed by atoms with Crippen molar-refractivity contribution < 1.29 is 32.3 Å². The number of piperidine rings is 1. The Labute approximate surface area is 192 Å². The first-order chi connectivity index (χ1) is 15.8. The van der Waals surface area contributed by atoms with Gasteiger partial charge in [0.1, 0.15) is 18.1 Å². The minimum Gasteiger partial charge on any atom is -0.496 e. The highest BCUT2D eigenvalue weighted by atomic mass is 32.2. The number of carbonyl (C=O) groups is 1. The van der Waals surface area contributed by atoms with Crippen molar-refractivity contribution in [3.63, 3.8) is 0 Å².